The summed E-state index contributed by atoms with van der Waals surface area (Å²) in [4.78, 5) is 4.45. The van der Waals surface area contributed by atoms with Crippen LogP contribution >= 0.6 is 11.8 Å². The molecular weight excluding hydrogens is 295 g/mol. The maximum Gasteiger partial charge on any atom is 0.416 e. The highest BCUT2D eigenvalue weighted by molar-refractivity contribution is 8.14. The Balaban J connectivity index is 1.74. The van der Waals surface area contributed by atoms with E-state index in [-0.39, 0.29) is 5.25 Å². The van der Waals surface area contributed by atoms with Crippen LogP contribution in [0.2, 0.25) is 0 Å². The minimum atomic E-state index is -4.30. The molecule has 2 aromatic carbocycles. The van der Waals surface area contributed by atoms with E-state index in [2.05, 4.69) is 4.99 Å². The predicted octanol–water partition coefficient (Wildman–Crippen LogP) is 4.94. The van der Waals surface area contributed by atoms with E-state index < -0.39 is 11.7 Å². The SMILES string of the molecule is FC(F)(F)c1ccc(C2=NCC(c3ccccc3)S2)cc1. The fraction of sp³-hybridized carbons (Fsp3) is 0.188. The van der Waals surface area contributed by atoms with Crippen molar-refractivity contribution in [1.82, 2.24) is 0 Å². The third kappa shape index (κ3) is 3.13. The van der Waals surface area contributed by atoms with Crippen LogP contribution in [0.5, 0.6) is 0 Å². The highest BCUT2D eigenvalue weighted by Crippen LogP contribution is 2.38. The number of benzene rings is 2. The normalized spacial score (nSPS) is 18.6. The van der Waals surface area contributed by atoms with Crippen LogP contribution in [-0.2, 0) is 6.18 Å². The molecular formula is C16H12F3NS. The van der Waals surface area contributed by atoms with Crippen molar-refractivity contribution in [2.75, 3.05) is 6.54 Å². The lowest BCUT2D eigenvalue weighted by molar-refractivity contribution is -0.137. The van der Waals surface area contributed by atoms with Gasteiger partial charge in [-0.05, 0) is 17.7 Å². The maximum absolute atomic E-state index is 12.5. The number of alkyl halides is 3. The first-order valence-corrected chi connectivity index (χ1v) is 7.36. The van der Waals surface area contributed by atoms with Gasteiger partial charge in [-0.3, -0.25) is 4.99 Å². The molecule has 0 aromatic heterocycles. The lowest BCUT2D eigenvalue weighted by Gasteiger charge is -2.09. The largest absolute Gasteiger partial charge is 0.416 e. The molecule has 3 rings (SSSR count). The molecule has 1 nitrogen and oxygen atoms in total. The Labute approximate surface area is 124 Å². The van der Waals surface area contributed by atoms with Gasteiger partial charge in [0.25, 0.3) is 0 Å². The predicted molar refractivity (Wildman–Crippen MR) is 79.6 cm³/mol. The summed E-state index contributed by atoms with van der Waals surface area (Å²) >= 11 is 1.60. The molecule has 0 bridgehead atoms. The standard InChI is InChI=1S/C16H12F3NS/c17-16(18,19)13-8-6-12(7-9-13)15-20-10-14(21-15)11-4-2-1-3-5-11/h1-9,14H,10H2. The summed E-state index contributed by atoms with van der Waals surface area (Å²) in [5.41, 5.74) is 1.30. The van der Waals surface area contributed by atoms with Crippen LogP contribution in [0, 0.1) is 0 Å². The van der Waals surface area contributed by atoms with Crippen molar-refractivity contribution in [3.05, 3.63) is 71.3 Å². The molecule has 1 heterocycles. The molecule has 1 aliphatic heterocycles. The van der Waals surface area contributed by atoms with Crippen molar-refractivity contribution >= 4 is 16.8 Å². The van der Waals surface area contributed by atoms with Crippen molar-refractivity contribution in [3.63, 3.8) is 0 Å². The van der Waals surface area contributed by atoms with E-state index in [0.717, 1.165) is 22.7 Å². The summed E-state index contributed by atoms with van der Waals surface area (Å²) in [6, 6.07) is 15.2. The van der Waals surface area contributed by atoms with Crippen LogP contribution in [0.1, 0.15) is 21.9 Å². The number of aliphatic imine (C=N–C) groups is 1. The van der Waals surface area contributed by atoms with E-state index in [4.69, 9.17) is 0 Å². The molecule has 0 spiro atoms. The number of nitrogens with zero attached hydrogens (tertiary/aromatic N) is 1. The van der Waals surface area contributed by atoms with Crippen molar-refractivity contribution in [1.29, 1.82) is 0 Å². The molecule has 1 atom stereocenters. The van der Waals surface area contributed by atoms with Crippen LogP contribution in [0.4, 0.5) is 13.2 Å². The Bertz CT molecular complexity index is 647. The Morgan fingerprint density at radius 1 is 0.952 bits per heavy atom. The van der Waals surface area contributed by atoms with Gasteiger partial charge in [0, 0.05) is 5.56 Å². The zero-order valence-electron chi connectivity index (χ0n) is 11.0. The molecule has 108 valence electrons. The van der Waals surface area contributed by atoms with Crippen molar-refractivity contribution in [3.8, 4) is 0 Å². The Hall–Kier alpha value is -1.75. The summed E-state index contributed by atoms with van der Waals surface area (Å²) in [6.45, 7) is 0.658. The molecule has 0 radical (unpaired) electrons. The molecule has 0 saturated carbocycles. The van der Waals surface area contributed by atoms with Crippen LogP contribution in [0.15, 0.2) is 59.6 Å². The van der Waals surface area contributed by atoms with E-state index in [0.29, 0.717) is 6.54 Å². The first-order chi connectivity index (χ1) is 10.0. The number of halogens is 3. The second-order valence-electron chi connectivity index (χ2n) is 4.74. The Morgan fingerprint density at radius 2 is 1.62 bits per heavy atom. The Kier molecular flexibility index (Phi) is 3.76. The van der Waals surface area contributed by atoms with E-state index in [1.54, 1.807) is 11.8 Å². The third-order valence-corrected chi connectivity index (χ3v) is 4.58. The fourth-order valence-corrected chi connectivity index (χ4v) is 3.31. The van der Waals surface area contributed by atoms with Gasteiger partial charge in [-0.15, -0.1) is 0 Å². The van der Waals surface area contributed by atoms with E-state index in [1.807, 2.05) is 30.3 Å². The average molecular weight is 307 g/mol. The minimum Gasteiger partial charge on any atom is -0.276 e. The van der Waals surface area contributed by atoms with Gasteiger partial charge in [-0.2, -0.15) is 13.2 Å². The summed E-state index contributed by atoms with van der Waals surface area (Å²) in [7, 11) is 0. The van der Waals surface area contributed by atoms with Gasteiger partial charge in [0.15, 0.2) is 0 Å². The van der Waals surface area contributed by atoms with Gasteiger partial charge < -0.3 is 0 Å². The molecule has 0 amide bonds. The zero-order chi connectivity index (χ0) is 14.9. The minimum absolute atomic E-state index is 0.239. The number of hydrogen-bond acceptors (Lipinski definition) is 2. The smallest absolute Gasteiger partial charge is 0.276 e. The first-order valence-electron chi connectivity index (χ1n) is 6.48. The maximum atomic E-state index is 12.5. The summed E-state index contributed by atoms with van der Waals surface area (Å²) in [6.07, 6.45) is -4.30. The van der Waals surface area contributed by atoms with Gasteiger partial charge >= 0.3 is 6.18 Å². The second kappa shape index (κ2) is 5.56. The van der Waals surface area contributed by atoms with Crippen LogP contribution < -0.4 is 0 Å². The third-order valence-electron chi connectivity index (χ3n) is 3.29. The van der Waals surface area contributed by atoms with E-state index in [1.165, 1.54) is 17.7 Å². The van der Waals surface area contributed by atoms with E-state index in [9.17, 15) is 13.2 Å². The number of rotatable bonds is 2. The average Bonchev–Trinajstić information content (AvgIpc) is 2.97. The van der Waals surface area contributed by atoms with Crippen LogP contribution in [0.3, 0.4) is 0 Å². The van der Waals surface area contributed by atoms with Crippen molar-refractivity contribution in [2.24, 2.45) is 4.99 Å². The topological polar surface area (TPSA) is 12.4 Å². The van der Waals surface area contributed by atoms with Gasteiger partial charge in [-0.1, -0.05) is 54.2 Å². The van der Waals surface area contributed by atoms with Gasteiger partial charge in [-0.25, -0.2) is 0 Å². The lowest BCUT2D eigenvalue weighted by atomic mass is 10.1. The first kappa shape index (κ1) is 14.2. The molecule has 1 aliphatic rings. The fourth-order valence-electron chi connectivity index (χ4n) is 2.18. The van der Waals surface area contributed by atoms with Crippen LogP contribution in [-0.4, -0.2) is 11.6 Å². The highest BCUT2D eigenvalue weighted by Gasteiger charge is 2.30. The molecule has 0 N–H and O–H groups in total. The Morgan fingerprint density at radius 3 is 2.24 bits per heavy atom. The lowest BCUT2D eigenvalue weighted by Crippen LogP contribution is -2.05. The molecule has 5 heteroatoms. The monoisotopic (exact) mass is 307 g/mol. The molecule has 0 saturated heterocycles. The summed E-state index contributed by atoms with van der Waals surface area (Å²) in [5.74, 6) is 0. The molecule has 0 fully saturated rings. The molecule has 0 aliphatic carbocycles. The van der Waals surface area contributed by atoms with Gasteiger partial charge in [0.05, 0.1) is 22.4 Å². The summed E-state index contributed by atoms with van der Waals surface area (Å²) < 4.78 is 37.6. The number of hydrogen-bond donors (Lipinski definition) is 0. The quantitative estimate of drug-likeness (QED) is 0.765. The van der Waals surface area contributed by atoms with Crippen molar-refractivity contribution < 1.29 is 13.2 Å². The molecule has 2 aromatic rings. The summed E-state index contributed by atoms with van der Waals surface area (Å²) in [5, 5.41) is 1.04. The van der Waals surface area contributed by atoms with E-state index >= 15 is 0 Å². The molecule has 1 unspecified atom stereocenters. The number of thioether (sulfide) groups is 1. The van der Waals surface area contributed by atoms with Gasteiger partial charge in [0.1, 0.15) is 0 Å². The second-order valence-corrected chi connectivity index (χ2v) is 5.93. The van der Waals surface area contributed by atoms with Crippen molar-refractivity contribution in [2.45, 2.75) is 11.4 Å². The molecule has 21 heavy (non-hydrogen) atoms. The van der Waals surface area contributed by atoms with Gasteiger partial charge in [0.2, 0.25) is 0 Å². The highest BCUT2D eigenvalue weighted by atomic mass is 32.2. The van der Waals surface area contributed by atoms with Crippen LogP contribution in [0.25, 0.3) is 0 Å². The zero-order valence-corrected chi connectivity index (χ0v) is 11.8.